The predicted molar refractivity (Wildman–Crippen MR) is 128 cm³/mol. The van der Waals surface area contributed by atoms with Crippen molar-refractivity contribution in [3.8, 4) is 0 Å². The van der Waals surface area contributed by atoms with Crippen LogP contribution in [-0.4, -0.2) is 79.2 Å². The van der Waals surface area contributed by atoms with Gasteiger partial charge < -0.3 is 24.1 Å². The van der Waals surface area contributed by atoms with Crippen molar-refractivity contribution < 1.29 is 36.7 Å². The molecule has 0 spiro atoms. The second-order valence-electron chi connectivity index (χ2n) is 10.5. The summed E-state index contributed by atoms with van der Waals surface area (Å²) in [5.74, 6) is -0.0803. The minimum Gasteiger partial charge on any atom is -0.466 e. The molecule has 0 bridgehead atoms. The zero-order valence-electron chi connectivity index (χ0n) is 20.8. The number of fused-ring (bicyclic) bond motifs is 2. The highest BCUT2D eigenvalue weighted by atomic mass is 19.4. The lowest BCUT2D eigenvalue weighted by Gasteiger charge is -2.30. The number of ether oxygens (including phenoxy) is 2. The Morgan fingerprint density at radius 3 is 2.79 bits per heavy atom. The molecule has 2 saturated heterocycles. The molecule has 0 saturated carbocycles. The summed E-state index contributed by atoms with van der Waals surface area (Å²) < 4.78 is 57.3. The van der Waals surface area contributed by atoms with Crippen molar-refractivity contribution in [2.45, 2.75) is 56.2 Å². The Hall–Kier alpha value is -2.89. The molecule has 4 heterocycles. The van der Waals surface area contributed by atoms with Crippen LogP contribution in [0.25, 0.3) is 0 Å². The third-order valence-corrected chi connectivity index (χ3v) is 8.09. The number of nitrogens with one attached hydrogen (secondary N) is 1. The number of furan rings is 1. The molecule has 1 aromatic carbocycles. The number of rotatable bonds is 6. The average molecular weight is 534 g/mol. The summed E-state index contributed by atoms with van der Waals surface area (Å²) in [5, 5.41) is 3.05. The summed E-state index contributed by atoms with van der Waals surface area (Å²) in [4.78, 5) is 29.7. The van der Waals surface area contributed by atoms with Crippen LogP contribution in [0, 0.1) is 0 Å². The maximum Gasteiger partial charge on any atom is 0.416 e. The van der Waals surface area contributed by atoms with E-state index in [1.807, 2.05) is 6.07 Å². The zero-order valence-corrected chi connectivity index (χ0v) is 20.8. The van der Waals surface area contributed by atoms with E-state index >= 15 is 0 Å². The lowest BCUT2D eigenvalue weighted by Crippen LogP contribution is -2.50. The van der Waals surface area contributed by atoms with E-state index in [1.165, 1.54) is 11.0 Å². The third kappa shape index (κ3) is 4.94. The molecule has 8 nitrogen and oxygen atoms in total. The van der Waals surface area contributed by atoms with Gasteiger partial charge in [0.1, 0.15) is 11.9 Å². The molecule has 4 aliphatic rings. The van der Waals surface area contributed by atoms with Crippen LogP contribution < -0.4 is 5.32 Å². The lowest BCUT2D eigenvalue weighted by molar-refractivity contribution is -0.137. The number of hydrogen-bond donors (Lipinski definition) is 1. The molecule has 3 aliphatic heterocycles. The van der Waals surface area contributed by atoms with Gasteiger partial charge in [0.15, 0.2) is 0 Å². The number of halogens is 3. The standard InChI is InChI=1S/C27H30F3N3O5/c28-27(29,30)18-3-1-16-5-8-32(26(35)20(16)11-18)14-24(34)31-21-12-33(19-7-9-36-15-19)13-23(21)38-22-4-2-17-6-10-37-25(17)22/h1,3,6,10-11,19,21-23H,2,4-5,7-9,12-15H2,(H,31,34)/t19?,21?,22?,23-/m0/s1. The molecule has 6 rings (SSSR count). The fourth-order valence-corrected chi connectivity index (χ4v) is 6.06. The second-order valence-corrected chi connectivity index (χ2v) is 10.5. The van der Waals surface area contributed by atoms with Crippen LogP contribution in [0.5, 0.6) is 0 Å². The van der Waals surface area contributed by atoms with Crippen molar-refractivity contribution in [1.29, 1.82) is 0 Å². The van der Waals surface area contributed by atoms with Gasteiger partial charge in [0.25, 0.3) is 5.91 Å². The minimum absolute atomic E-state index is 0.00356. The van der Waals surface area contributed by atoms with E-state index in [9.17, 15) is 22.8 Å². The van der Waals surface area contributed by atoms with E-state index in [0.717, 1.165) is 42.7 Å². The van der Waals surface area contributed by atoms with Gasteiger partial charge in [-0.1, -0.05) is 6.07 Å². The molecule has 3 unspecified atom stereocenters. The number of alkyl halides is 3. The van der Waals surface area contributed by atoms with Gasteiger partial charge in [0.2, 0.25) is 5.91 Å². The van der Waals surface area contributed by atoms with Crippen LogP contribution in [-0.2, 0) is 33.3 Å². The van der Waals surface area contributed by atoms with Gasteiger partial charge in [0.05, 0.1) is 37.1 Å². The highest BCUT2D eigenvalue weighted by Crippen LogP contribution is 2.37. The third-order valence-electron chi connectivity index (χ3n) is 8.09. The average Bonchev–Trinajstić information content (AvgIpc) is 3.67. The molecular weight excluding hydrogens is 503 g/mol. The van der Waals surface area contributed by atoms with Gasteiger partial charge in [-0.3, -0.25) is 14.5 Å². The van der Waals surface area contributed by atoms with E-state index in [2.05, 4.69) is 10.2 Å². The SMILES string of the molecule is O=C(CN1CCc2ccc(C(F)(F)F)cc2C1=O)NC1CN(C2CCOC2)C[C@@H]1OC1CCc2ccoc21. The first-order chi connectivity index (χ1) is 18.3. The number of amides is 2. The van der Waals surface area contributed by atoms with Crippen molar-refractivity contribution >= 4 is 11.8 Å². The Morgan fingerprint density at radius 2 is 2.00 bits per heavy atom. The molecule has 2 amide bonds. The largest absolute Gasteiger partial charge is 0.466 e. The van der Waals surface area contributed by atoms with Crippen molar-refractivity contribution in [2.24, 2.45) is 0 Å². The van der Waals surface area contributed by atoms with Crippen LogP contribution >= 0.6 is 0 Å². The topological polar surface area (TPSA) is 84.3 Å². The predicted octanol–water partition coefficient (Wildman–Crippen LogP) is 2.96. The number of likely N-dealkylation sites (tertiary alicyclic amines) is 1. The van der Waals surface area contributed by atoms with Gasteiger partial charge in [-0.25, -0.2) is 0 Å². The summed E-state index contributed by atoms with van der Waals surface area (Å²) in [6.45, 7) is 2.62. The zero-order chi connectivity index (χ0) is 26.4. The van der Waals surface area contributed by atoms with Crippen LogP contribution in [0.2, 0.25) is 0 Å². The number of benzene rings is 1. The molecule has 4 atom stereocenters. The first-order valence-corrected chi connectivity index (χ1v) is 13.1. The van der Waals surface area contributed by atoms with E-state index in [1.54, 1.807) is 6.26 Å². The van der Waals surface area contributed by atoms with Gasteiger partial charge in [0, 0.05) is 37.8 Å². The summed E-state index contributed by atoms with van der Waals surface area (Å²) in [5.41, 5.74) is 0.840. The molecule has 2 aromatic rings. The van der Waals surface area contributed by atoms with Gasteiger partial charge >= 0.3 is 6.18 Å². The minimum atomic E-state index is -4.54. The Morgan fingerprint density at radius 1 is 1.13 bits per heavy atom. The highest BCUT2D eigenvalue weighted by Gasteiger charge is 2.42. The number of nitrogens with zero attached hydrogens (tertiary/aromatic N) is 2. The first-order valence-electron chi connectivity index (χ1n) is 13.1. The van der Waals surface area contributed by atoms with Crippen LogP contribution in [0.4, 0.5) is 13.2 Å². The molecule has 1 aliphatic carbocycles. The molecular formula is C27H30F3N3O5. The Balaban J connectivity index is 1.13. The molecule has 2 fully saturated rings. The van der Waals surface area contributed by atoms with Crippen molar-refractivity contribution in [1.82, 2.24) is 15.1 Å². The van der Waals surface area contributed by atoms with E-state index in [-0.39, 0.29) is 48.9 Å². The number of hydrogen-bond acceptors (Lipinski definition) is 6. The summed E-state index contributed by atoms with van der Waals surface area (Å²) >= 11 is 0. The normalized spacial score (nSPS) is 27.6. The quantitative estimate of drug-likeness (QED) is 0.615. The molecule has 11 heteroatoms. The second kappa shape index (κ2) is 10.0. The van der Waals surface area contributed by atoms with Gasteiger partial charge in [-0.15, -0.1) is 0 Å². The fourth-order valence-electron chi connectivity index (χ4n) is 6.06. The molecule has 1 aromatic heterocycles. The maximum absolute atomic E-state index is 13.2. The fraction of sp³-hybridized carbons (Fsp3) is 0.556. The number of aryl methyl sites for hydroxylation is 1. The van der Waals surface area contributed by atoms with E-state index in [4.69, 9.17) is 13.9 Å². The monoisotopic (exact) mass is 533 g/mol. The van der Waals surface area contributed by atoms with Gasteiger partial charge in [-0.05, 0) is 55.0 Å². The van der Waals surface area contributed by atoms with Crippen LogP contribution in [0.15, 0.2) is 34.9 Å². The lowest BCUT2D eigenvalue weighted by atomic mass is 9.96. The highest BCUT2D eigenvalue weighted by molar-refractivity contribution is 5.99. The van der Waals surface area contributed by atoms with Crippen LogP contribution in [0.3, 0.4) is 0 Å². The molecule has 204 valence electrons. The van der Waals surface area contributed by atoms with Crippen molar-refractivity contribution in [3.63, 3.8) is 0 Å². The smallest absolute Gasteiger partial charge is 0.416 e. The Labute approximate surface area is 218 Å². The van der Waals surface area contributed by atoms with E-state index in [0.29, 0.717) is 38.3 Å². The van der Waals surface area contributed by atoms with Crippen molar-refractivity contribution in [3.05, 3.63) is 58.5 Å². The first kappa shape index (κ1) is 25.4. The number of carbonyl (C=O) groups excluding carboxylic acids is 2. The van der Waals surface area contributed by atoms with Crippen LogP contribution in [0.1, 0.15) is 51.8 Å². The Bertz CT molecular complexity index is 1210. The molecule has 1 N–H and O–H groups in total. The summed E-state index contributed by atoms with van der Waals surface area (Å²) in [7, 11) is 0. The summed E-state index contributed by atoms with van der Waals surface area (Å²) in [6.07, 6.45) is -0.305. The van der Waals surface area contributed by atoms with E-state index < -0.39 is 17.6 Å². The van der Waals surface area contributed by atoms with Gasteiger partial charge in [-0.2, -0.15) is 13.2 Å². The Kier molecular flexibility index (Phi) is 6.69. The maximum atomic E-state index is 13.2. The summed E-state index contributed by atoms with van der Waals surface area (Å²) in [6, 6.07) is 5.14. The number of carbonyl (C=O) groups is 2. The van der Waals surface area contributed by atoms with Crippen molar-refractivity contribution in [2.75, 3.05) is 39.4 Å². The molecule has 38 heavy (non-hydrogen) atoms. The molecule has 0 radical (unpaired) electrons.